The highest BCUT2D eigenvalue weighted by Gasteiger charge is 2.39. The Morgan fingerprint density at radius 3 is 2.11 bits per heavy atom. The van der Waals surface area contributed by atoms with Crippen LogP contribution in [0.5, 0.6) is 17.2 Å². The lowest BCUT2D eigenvalue weighted by Gasteiger charge is -2.25. The molecule has 0 radical (unpaired) electrons. The van der Waals surface area contributed by atoms with Crippen molar-refractivity contribution in [1.82, 2.24) is 4.41 Å². The van der Waals surface area contributed by atoms with E-state index in [9.17, 15) is 21.6 Å². The van der Waals surface area contributed by atoms with Gasteiger partial charge in [0.25, 0.3) is 10.0 Å². The van der Waals surface area contributed by atoms with Gasteiger partial charge in [-0.25, -0.2) is 0 Å². The lowest BCUT2D eigenvalue weighted by molar-refractivity contribution is -0.137. The van der Waals surface area contributed by atoms with E-state index < -0.39 is 27.8 Å². The molecular formula is C25H22ClF3N2O5S. The molecule has 0 saturated heterocycles. The molecule has 1 atom stereocenters. The number of hydrogen-bond acceptors (Lipinski definition) is 6. The van der Waals surface area contributed by atoms with Gasteiger partial charge in [0.2, 0.25) is 5.75 Å². The molecule has 0 N–H and O–H groups in total. The Hall–Kier alpha value is -3.44. The minimum Gasteiger partial charge on any atom is -0.493 e. The second-order valence-corrected chi connectivity index (χ2v) is 10.3. The molecule has 1 unspecified atom stereocenters. The maximum absolute atomic E-state index is 13.7. The Kier molecular flexibility index (Phi) is 7.29. The van der Waals surface area contributed by atoms with E-state index in [0.717, 1.165) is 16.5 Å². The minimum absolute atomic E-state index is 0.00717. The van der Waals surface area contributed by atoms with E-state index >= 15 is 0 Å². The van der Waals surface area contributed by atoms with Crippen LogP contribution in [0.25, 0.3) is 0 Å². The van der Waals surface area contributed by atoms with Crippen molar-refractivity contribution < 1.29 is 35.8 Å². The molecule has 1 heterocycles. The molecular weight excluding hydrogens is 533 g/mol. The predicted octanol–water partition coefficient (Wildman–Crippen LogP) is 5.92. The molecule has 0 aliphatic carbocycles. The summed E-state index contributed by atoms with van der Waals surface area (Å²) in [6.45, 7) is 0. The van der Waals surface area contributed by atoms with Crippen LogP contribution < -0.4 is 14.2 Å². The highest BCUT2D eigenvalue weighted by molar-refractivity contribution is 7.89. The van der Waals surface area contributed by atoms with E-state index in [1.807, 2.05) is 0 Å². The standard InChI is InChI=1S/C25H22ClF3N2O5S/c1-34-22-12-16(13-23(35-2)24(22)36-3)21-14-20(15-5-4-6-17(11-15)25(27,28)29)30-31(21)37(32,33)19-9-7-18(26)8-10-19/h4-13,21H,14H2,1-3H3. The maximum atomic E-state index is 13.7. The molecule has 0 amide bonds. The van der Waals surface area contributed by atoms with Crippen molar-refractivity contribution in [2.75, 3.05) is 21.3 Å². The number of hydrazone groups is 1. The third kappa shape index (κ3) is 5.19. The second kappa shape index (κ2) is 10.1. The Morgan fingerprint density at radius 1 is 0.946 bits per heavy atom. The van der Waals surface area contributed by atoms with Crippen LogP contribution in [0.15, 0.2) is 70.7 Å². The average molecular weight is 555 g/mol. The van der Waals surface area contributed by atoms with Gasteiger partial charge >= 0.3 is 6.18 Å². The Morgan fingerprint density at radius 2 is 1.57 bits per heavy atom. The Bertz CT molecular complexity index is 1420. The van der Waals surface area contributed by atoms with Gasteiger partial charge < -0.3 is 14.2 Å². The van der Waals surface area contributed by atoms with Crippen LogP contribution in [0.4, 0.5) is 13.2 Å². The van der Waals surface area contributed by atoms with Gasteiger partial charge in [-0.1, -0.05) is 23.7 Å². The summed E-state index contributed by atoms with van der Waals surface area (Å²) < 4.78 is 84.5. The molecule has 0 fully saturated rings. The van der Waals surface area contributed by atoms with Gasteiger partial charge in [-0.2, -0.15) is 31.1 Å². The first-order chi connectivity index (χ1) is 17.5. The zero-order valence-electron chi connectivity index (χ0n) is 19.9. The lowest BCUT2D eigenvalue weighted by Crippen LogP contribution is -2.27. The van der Waals surface area contributed by atoms with Gasteiger partial charge in [-0.3, -0.25) is 0 Å². The summed E-state index contributed by atoms with van der Waals surface area (Å²) in [5.41, 5.74) is -0.0997. The smallest absolute Gasteiger partial charge is 0.416 e. The quantitative estimate of drug-likeness (QED) is 0.362. The lowest BCUT2D eigenvalue weighted by atomic mass is 9.97. The molecule has 3 aromatic carbocycles. The SMILES string of the molecule is COc1cc(C2CC(c3cccc(C(F)(F)F)c3)=NN2S(=O)(=O)c2ccc(Cl)cc2)cc(OC)c1OC. The molecule has 1 aliphatic rings. The summed E-state index contributed by atoms with van der Waals surface area (Å²) in [5.74, 6) is 0.874. The van der Waals surface area contributed by atoms with Gasteiger partial charge in [0.15, 0.2) is 11.5 Å². The van der Waals surface area contributed by atoms with Crippen molar-refractivity contribution in [3.05, 3.63) is 82.4 Å². The summed E-state index contributed by atoms with van der Waals surface area (Å²) in [7, 11) is 0.0357. The number of ether oxygens (including phenoxy) is 3. The molecule has 7 nitrogen and oxygen atoms in total. The van der Waals surface area contributed by atoms with Crippen LogP contribution in [-0.2, 0) is 16.2 Å². The maximum Gasteiger partial charge on any atom is 0.416 e. The Labute approximate surface area is 217 Å². The molecule has 0 aromatic heterocycles. The summed E-state index contributed by atoms with van der Waals surface area (Å²) in [6, 6.07) is 12.4. The summed E-state index contributed by atoms with van der Waals surface area (Å²) >= 11 is 5.93. The first kappa shape index (κ1) is 26.6. The van der Waals surface area contributed by atoms with E-state index in [1.54, 1.807) is 12.1 Å². The van der Waals surface area contributed by atoms with Crippen LogP contribution in [0.2, 0.25) is 5.02 Å². The zero-order chi connectivity index (χ0) is 27.0. The van der Waals surface area contributed by atoms with E-state index in [2.05, 4.69) is 5.10 Å². The highest BCUT2D eigenvalue weighted by Crippen LogP contribution is 2.44. The highest BCUT2D eigenvalue weighted by atomic mass is 35.5. The van der Waals surface area contributed by atoms with Crippen LogP contribution in [0.3, 0.4) is 0 Å². The molecule has 0 bridgehead atoms. The Balaban J connectivity index is 1.87. The third-order valence-electron chi connectivity index (χ3n) is 5.83. The normalized spacial score (nSPS) is 15.9. The van der Waals surface area contributed by atoms with Gasteiger partial charge in [-0.15, -0.1) is 0 Å². The first-order valence-corrected chi connectivity index (χ1v) is 12.7. The predicted molar refractivity (Wildman–Crippen MR) is 132 cm³/mol. The zero-order valence-corrected chi connectivity index (χ0v) is 21.5. The molecule has 0 saturated carbocycles. The van der Waals surface area contributed by atoms with Crippen LogP contribution in [-0.4, -0.2) is 39.9 Å². The summed E-state index contributed by atoms with van der Waals surface area (Å²) in [6.07, 6.45) is -4.58. The third-order valence-corrected chi connectivity index (χ3v) is 7.77. The number of methoxy groups -OCH3 is 3. The fourth-order valence-electron chi connectivity index (χ4n) is 4.02. The van der Waals surface area contributed by atoms with E-state index in [0.29, 0.717) is 16.3 Å². The number of nitrogens with zero attached hydrogens (tertiary/aromatic N) is 2. The molecule has 12 heteroatoms. The summed E-state index contributed by atoms with van der Waals surface area (Å²) in [4.78, 5) is -0.0802. The van der Waals surface area contributed by atoms with E-state index in [1.165, 1.54) is 57.7 Å². The van der Waals surface area contributed by atoms with Crippen molar-refractivity contribution in [3.8, 4) is 17.2 Å². The van der Waals surface area contributed by atoms with Gasteiger partial charge in [-0.05, 0) is 59.7 Å². The van der Waals surface area contributed by atoms with Gasteiger partial charge in [0, 0.05) is 11.4 Å². The van der Waals surface area contributed by atoms with Crippen molar-refractivity contribution in [2.45, 2.75) is 23.5 Å². The van der Waals surface area contributed by atoms with Crippen molar-refractivity contribution >= 4 is 27.3 Å². The van der Waals surface area contributed by atoms with Crippen LogP contribution in [0.1, 0.15) is 29.2 Å². The second-order valence-electron chi connectivity index (χ2n) is 8.04. The van der Waals surface area contributed by atoms with Crippen LogP contribution >= 0.6 is 11.6 Å². The number of sulfonamides is 1. The summed E-state index contributed by atoms with van der Waals surface area (Å²) in [5, 5.41) is 4.65. The molecule has 0 spiro atoms. The van der Waals surface area contributed by atoms with E-state index in [-0.39, 0.29) is 34.1 Å². The fraction of sp³-hybridized carbons (Fsp3) is 0.240. The number of halogens is 4. The number of alkyl halides is 3. The van der Waals surface area contributed by atoms with Gasteiger partial charge in [0.1, 0.15) is 0 Å². The van der Waals surface area contributed by atoms with Crippen LogP contribution in [0, 0.1) is 0 Å². The monoisotopic (exact) mass is 554 g/mol. The van der Waals surface area contributed by atoms with Gasteiger partial charge in [0.05, 0.1) is 43.5 Å². The first-order valence-electron chi connectivity index (χ1n) is 10.8. The molecule has 1 aliphatic heterocycles. The van der Waals surface area contributed by atoms with Crippen molar-refractivity contribution in [1.29, 1.82) is 0 Å². The average Bonchev–Trinajstić information content (AvgIpc) is 3.34. The largest absolute Gasteiger partial charge is 0.493 e. The number of rotatable bonds is 7. The number of benzene rings is 3. The van der Waals surface area contributed by atoms with Crippen molar-refractivity contribution in [3.63, 3.8) is 0 Å². The topological polar surface area (TPSA) is 77.4 Å². The van der Waals surface area contributed by atoms with Crippen molar-refractivity contribution in [2.24, 2.45) is 5.10 Å². The molecule has 37 heavy (non-hydrogen) atoms. The van der Waals surface area contributed by atoms with E-state index in [4.69, 9.17) is 25.8 Å². The molecule has 3 aromatic rings. The molecule has 196 valence electrons. The fourth-order valence-corrected chi connectivity index (χ4v) is 5.58. The number of hydrogen-bond donors (Lipinski definition) is 0. The molecule has 4 rings (SSSR count). The minimum atomic E-state index is -4.57.